The molecule has 0 fully saturated rings. The van der Waals surface area contributed by atoms with Gasteiger partial charge in [0.25, 0.3) is 11.5 Å². The standard InChI is InChI=1S/C17H18N2O5/c1-11-13(17(22)24-9-8-23-2)10-14(15(20)18-11)16(21)19-12-6-4-3-5-7-12/h3-7,10H,8-9H2,1-2H3,(H,18,20)(H,19,21). The predicted octanol–water partition coefficient (Wildman–Crippen LogP) is 1.74. The first-order chi connectivity index (χ1) is 11.5. The van der Waals surface area contributed by atoms with E-state index in [1.807, 2.05) is 6.07 Å². The number of hydrogen-bond donors (Lipinski definition) is 2. The van der Waals surface area contributed by atoms with E-state index in [0.29, 0.717) is 11.4 Å². The summed E-state index contributed by atoms with van der Waals surface area (Å²) < 4.78 is 9.83. The zero-order chi connectivity index (χ0) is 17.5. The minimum absolute atomic E-state index is 0.0828. The molecule has 7 heteroatoms. The lowest BCUT2D eigenvalue weighted by Crippen LogP contribution is -2.26. The number of nitrogens with one attached hydrogen (secondary N) is 2. The lowest BCUT2D eigenvalue weighted by Gasteiger charge is -2.09. The number of carbonyl (C=O) groups excluding carboxylic acids is 2. The molecule has 0 aliphatic rings. The number of anilines is 1. The lowest BCUT2D eigenvalue weighted by molar-refractivity contribution is 0.0386. The van der Waals surface area contributed by atoms with E-state index >= 15 is 0 Å². The number of amides is 1. The van der Waals surface area contributed by atoms with Crippen LogP contribution in [0.15, 0.2) is 41.2 Å². The first-order valence-corrected chi connectivity index (χ1v) is 7.29. The maximum Gasteiger partial charge on any atom is 0.340 e. The van der Waals surface area contributed by atoms with Gasteiger partial charge in [0.15, 0.2) is 0 Å². The molecule has 1 amide bonds. The summed E-state index contributed by atoms with van der Waals surface area (Å²) in [4.78, 5) is 38.8. The van der Waals surface area contributed by atoms with Crippen LogP contribution in [-0.2, 0) is 9.47 Å². The number of esters is 1. The fourth-order valence-corrected chi connectivity index (χ4v) is 2.02. The van der Waals surface area contributed by atoms with Crippen LogP contribution in [0.2, 0.25) is 0 Å². The second-order valence-corrected chi connectivity index (χ2v) is 5.00. The van der Waals surface area contributed by atoms with Crippen molar-refractivity contribution in [1.29, 1.82) is 0 Å². The van der Waals surface area contributed by atoms with Crippen molar-refractivity contribution in [1.82, 2.24) is 4.98 Å². The van der Waals surface area contributed by atoms with E-state index in [2.05, 4.69) is 10.3 Å². The van der Waals surface area contributed by atoms with Gasteiger partial charge in [0, 0.05) is 18.5 Å². The highest BCUT2D eigenvalue weighted by Crippen LogP contribution is 2.10. The van der Waals surface area contributed by atoms with Crippen molar-refractivity contribution in [2.75, 3.05) is 25.6 Å². The van der Waals surface area contributed by atoms with Gasteiger partial charge in [-0.15, -0.1) is 0 Å². The average Bonchev–Trinajstić information content (AvgIpc) is 2.55. The van der Waals surface area contributed by atoms with Crippen molar-refractivity contribution in [3.05, 3.63) is 63.6 Å². The summed E-state index contributed by atoms with van der Waals surface area (Å²) in [5, 5.41) is 2.61. The van der Waals surface area contributed by atoms with Gasteiger partial charge in [-0.3, -0.25) is 9.59 Å². The van der Waals surface area contributed by atoms with E-state index < -0.39 is 17.4 Å². The topological polar surface area (TPSA) is 97.5 Å². The third kappa shape index (κ3) is 4.30. The molecule has 0 aliphatic heterocycles. The van der Waals surface area contributed by atoms with Gasteiger partial charge >= 0.3 is 5.97 Å². The molecule has 1 aromatic carbocycles. The van der Waals surface area contributed by atoms with E-state index in [-0.39, 0.29) is 24.3 Å². The van der Waals surface area contributed by atoms with Crippen LogP contribution in [0.3, 0.4) is 0 Å². The summed E-state index contributed by atoms with van der Waals surface area (Å²) in [5.41, 5.74) is 0.270. The lowest BCUT2D eigenvalue weighted by atomic mass is 10.1. The van der Waals surface area contributed by atoms with E-state index in [1.54, 1.807) is 31.2 Å². The number of aryl methyl sites for hydroxylation is 1. The number of carbonyl (C=O) groups is 2. The quantitative estimate of drug-likeness (QED) is 0.621. The predicted molar refractivity (Wildman–Crippen MR) is 88.4 cm³/mol. The highest BCUT2D eigenvalue weighted by atomic mass is 16.6. The molecule has 7 nitrogen and oxygen atoms in total. The third-order valence-electron chi connectivity index (χ3n) is 3.26. The van der Waals surface area contributed by atoms with Crippen LogP contribution in [0.25, 0.3) is 0 Å². The molecule has 0 unspecified atom stereocenters. The molecule has 0 spiro atoms. The number of para-hydroxylation sites is 1. The Morgan fingerprint density at radius 2 is 1.83 bits per heavy atom. The minimum atomic E-state index is -0.630. The monoisotopic (exact) mass is 330 g/mol. The highest BCUT2D eigenvalue weighted by Gasteiger charge is 2.18. The molecule has 0 aliphatic carbocycles. The average molecular weight is 330 g/mol. The van der Waals surface area contributed by atoms with Gasteiger partial charge in [0.2, 0.25) is 0 Å². The summed E-state index contributed by atoms with van der Waals surface area (Å²) in [6, 6.07) is 9.95. The van der Waals surface area contributed by atoms with Gasteiger partial charge < -0.3 is 19.8 Å². The molecular weight excluding hydrogens is 312 g/mol. The molecule has 0 saturated heterocycles. The Bertz CT molecular complexity index is 783. The van der Waals surface area contributed by atoms with E-state index in [0.717, 1.165) is 0 Å². The van der Waals surface area contributed by atoms with Gasteiger partial charge in [-0.05, 0) is 25.1 Å². The second-order valence-electron chi connectivity index (χ2n) is 5.00. The fraction of sp³-hybridized carbons (Fsp3) is 0.235. The highest BCUT2D eigenvalue weighted by molar-refractivity contribution is 6.05. The Morgan fingerprint density at radius 3 is 2.50 bits per heavy atom. The summed E-state index contributed by atoms with van der Waals surface area (Å²) in [6.07, 6.45) is 0. The Balaban J connectivity index is 2.24. The molecule has 0 atom stereocenters. The Labute approximate surface area is 138 Å². The summed E-state index contributed by atoms with van der Waals surface area (Å²) >= 11 is 0. The maximum atomic E-state index is 12.3. The van der Waals surface area contributed by atoms with Crippen molar-refractivity contribution in [2.24, 2.45) is 0 Å². The van der Waals surface area contributed by atoms with Crippen LogP contribution in [0, 0.1) is 6.92 Å². The van der Waals surface area contributed by atoms with E-state index in [4.69, 9.17) is 9.47 Å². The van der Waals surface area contributed by atoms with E-state index in [1.165, 1.54) is 13.2 Å². The van der Waals surface area contributed by atoms with Crippen molar-refractivity contribution in [3.63, 3.8) is 0 Å². The van der Waals surface area contributed by atoms with Gasteiger partial charge in [-0.2, -0.15) is 0 Å². The number of benzene rings is 1. The number of methoxy groups -OCH3 is 1. The van der Waals surface area contributed by atoms with Gasteiger partial charge in [0.05, 0.1) is 12.2 Å². The van der Waals surface area contributed by atoms with Crippen LogP contribution in [0.4, 0.5) is 5.69 Å². The Hall–Kier alpha value is -2.93. The SMILES string of the molecule is COCCOC(=O)c1cc(C(=O)Nc2ccccc2)c(=O)[nH]c1C. The molecule has 0 saturated carbocycles. The first kappa shape index (κ1) is 17.4. The summed E-state index contributed by atoms with van der Waals surface area (Å²) in [5.74, 6) is -1.23. The molecular formula is C17H18N2O5. The van der Waals surface area contributed by atoms with Crippen LogP contribution in [-0.4, -0.2) is 37.2 Å². The van der Waals surface area contributed by atoms with Gasteiger partial charge in [0.1, 0.15) is 12.2 Å². The number of hydrogen-bond acceptors (Lipinski definition) is 5. The van der Waals surface area contributed by atoms with Crippen molar-refractivity contribution in [3.8, 4) is 0 Å². The normalized spacial score (nSPS) is 10.2. The Morgan fingerprint density at radius 1 is 1.12 bits per heavy atom. The minimum Gasteiger partial charge on any atom is -0.460 e. The molecule has 1 heterocycles. The Kier molecular flexibility index (Phi) is 5.86. The molecule has 2 N–H and O–H groups in total. The van der Waals surface area contributed by atoms with Crippen LogP contribution in [0.5, 0.6) is 0 Å². The largest absolute Gasteiger partial charge is 0.460 e. The first-order valence-electron chi connectivity index (χ1n) is 7.29. The molecule has 126 valence electrons. The number of rotatable bonds is 6. The number of aromatic nitrogens is 1. The molecule has 24 heavy (non-hydrogen) atoms. The van der Waals surface area contributed by atoms with Crippen LogP contribution >= 0.6 is 0 Å². The molecule has 0 bridgehead atoms. The number of pyridine rings is 1. The number of H-pyrrole nitrogens is 1. The van der Waals surface area contributed by atoms with Crippen molar-refractivity contribution >= 4 is 17.6 Å². The molecule has 0 radical (unpaired) electrons. The van der Waals surface area contributed by atoms with Gasteiger partial charge in [-0.25, -0.2) is 4.79 Å². The van der Waals surface area contributed by atoms with Gasteiger partial charge in [-0.1, -0.05) is 18.2 Å². The molecule has 2 aromatic rings. The summed E-state index contributed by atoms with van der Waals surface area (Å²) in [7, 11) is 1.49. The maximum absolute atomic E-state index is 12.3. The van der Waals surface area contributed by atoms with Crippen molar-refractivity contribution in [2.45, 2.75) is 6.92 Å². The smallest absolute Gasteiger partial charge is 0.340 e. The number of ether oxygens (including phenoxy) is 2. The third-order valence-corrected chi connectivity index (χ3v) is 3.26. The second kappa shape index (κ2) is 8.07. The van der Waals surface area contributed by atoms with Crippen LogP contribution in [0.1, 0.15) is 26.4 Å². The fourth-order valence-electron chi connectivity index (χ4n) is 2.02. The summed E-state index contributed by atoms with van der Waals surface area (Å²) in [6.45, 7) is 1.90. The van der Waals surface area contributed by atoms with E-state index in [9.17, 15) is 14.4 Å². The van der Waals surface area contributed by atoms with Crippen molar-refractivity contribution < 1.29 is 19.1 Å². The number of aromatic amines is 1. The zero-order valence-electron chi connectivity index (χ0n) is 13.4. The van der Waals surface area contributed by atoms with Crippen LogP contribution < -0.4 is 10.9 Å². The molecule has 2 rings (SSSR count). The molecule has 1 aromatic heterocycles. The zero-order valence-corrected chi connectivity index (χ0v) is 13.4.